The summed E-state index contributed by atoms with van der Waals surface area (Å²) in [6, 6.07) is 0. The molecular formula is C78H152O17P2. The van der Waals surface area contributed by atoms with Crippen molar-refractivity contribution in [2.24, 2.45) is 11.8 Å². The van der Waals surface area contributed by atoms with Crippen LogP contribution in [-0.4, -0.2) is 96.7 Å². The van der Waals surface area contributed by atoms with Crippen LogP contribution in [0.15, 0.2) is 0 Å². The standard InChI is InChI=1S/C78H152O17P2/c1-7-9-11-13-15-17-18-19-24-28-31-37-43-49-55-61-76(81)89-67-74(95-77(82)62-56-50-44-38-32-29-26-23-21-20-22-25-27-30-35-40-46-52-58-70(3)4)69-93-97(86,87)91-65-72(79)64-90-96(84,85)92-68-73(66-88-75(80)60-54-48-42-16-14-12-10-8-2)94-78(83)63-57-51-45-39-34-33-36-41-47-53-59-71(5)6/h70-74,79H,7-69H2,1-6H3,(H,84,85)(H,86,87)/t72-,73+,74+/m0/s1. The third-order valence-corrected chi connectivity index (χ3v) is 20.1. The third-order valence-electron chi connectivity index (χ3n) is 18.2. The van der Waals surface area contributed by atoms with E-state index in [2.05, 4.69) is 41.5 Å². The van der Waals surface area contributed by atoms with Gasteiger partial charge in [0.15, 0.2) is 12.2 Å². The summed E-state index contributed by atoms with van der Waals surface area (Å²) in [5.74, 6) is -0.542. The van der Waals surface area contributed by atoms with Gasteiger partial charge in [-0.15, -0.1) is 0 Å². The largest absolute Gasteiger partial charge is 0.472 e. The average molecular weight is 1420 g/mol. The Kier molecular flexibility index (Phi) is 68.4. The van der Waals surface area contributed by atoms with Crippen LogP contribution >= 0.6 is 15.6 Å². The number of phosphoric acid groups is 2. The van der Waals surface area contributed by atoms with Crippen LogP contribution in [0.5, 0.6) is 0 Å². The Hall–Kier alpha value is -1.94. The number of carbonyl (C=O) groups excluding carboxylic acids is 4. The normalized spacial score (nSPS) is 14.0. The maximum Gasteiger partial charge on any atom is 0.472 e. The number of hydrogen-bond donors (Lipinski definition) is 3. The van der Waals surface area contributed by atoms with E-state index < -0.39 is 97.5 Å². The van der Waals surface area contributed by atoms with Crippen molar-refractivity contribution in [1.29, 1.82) is 0 Å². The molecule has 0 bridgehead atoms. The van der Waals surface area contributed by atoms with E-state index >= 15 is 0 Å². The van der Waals surface area contributed by atoms with Gasteiger partial charge >= 0.3 is 39.5 Å². The summed E-state index contributed by atoms with van der Waals surface area (Å²) < 4.78 is 68.5. The molecule has 0 aliphatic carbocycles. The number of aliphatic hydroxyl groups excluding tert-OH is 1. The highest BCUT2D eigenvalue weighted by molar-refractivity contribution is 7.47. The van der Waals surface area contributed by atoms with Gasteiger partial charge in [-0.25, -0.2) is 9.13 Å². The summed E-state index contributed by atoms with van der Waals surface area (Å²) in [4.78, 5) is 72.8. The molecule has 0 saturated heterocycles. The molecule has 0 aliphatic rings. The molecule has 0 spiro atoms. The van der Waals surface area contributed by atoms with E-state index in [0.717, 1.165) is 108 Å². The molecule has 0 aromatic rings. The fourth-order valence-electron chi connectivity index (χ4n) is 12.0. The third kappa shape index (κ3) is 72.2. The SMILES string of the molecule is CCCCCCCCCCCCCCCCCC(=O)OC[C@H](COP(=O)(O)OC[C@@H](O)COP(=O)(O)OC[C@@H](COC(=O)CCCCCCCCCC)OC(=O)CCCCCCCCCCCCC(C)C)OC(=O)CCCCCCCCCCCCCCCCCCCCC(C)C. The van der Waals surface area contributed by atoms with Gasteiger partial charge < -0.3 is 33.8 Å². The first-order valence-electron chi connectivity index (χ1n) is 40.5. The van der Waals surface area contributed by atoms with Gasteiger partial charge in [0.25, 0.3) is 0 Å². The Bertz CT molecular complexity index is 1870. The molecule has 0 fully saturated rings. The zero-order valence-electron chi connectivity index (χ0n) is 63.4. The Labute approximate surface area is 594 Å². The first kappa shape index (κ1) is 95.1. The van der Waals surface area contributed by atoms with E-state index in [-0.39, 0.29) is 25.7 Å². The molecule has 5 atom stereocenters. The Morgan fingerprint density at radius 2 is 0.474 bits per heavy atom. The van der Waals surface area contributed by atoms with Gasteiger partial charge in [-0.3, -0.25) is 37.3 Å². The van der Waals surface area contributed by atoms with Crippen LogP contribution in [0.3, 0.4) is 0 Å². The van der Waals surface area contributed by atoms with Crippen LogP contribution in [-0.2, 0) is 65.4 Å². The molecule has 576 valence electrons. The summed E-state index contributed by atoms with van der Waals surface area (Å²) >= 11 is 0. The highest BCUT2D eigenvalue weighted by Crippen LogP contribution is 2.45. The minimum atomic E-state index is -4.96. The van der Waals surface area contributed by atoms with E-state index in [9.17, 15) is 43.2 Å². The zero-order valence-corrected chi connectivity index (χ0v) is 65.2. The first-order chi connectivity index (χ1) is 46.9. The summed E-state index contributed by atoms with van der Waals surface area (Å²) in [6.07, 6.45) is 58.4. The number of rotatable bonds is 77. The lowest BCUT2D eigenvalue weighted by Gasteiger charge is -2.21. The molecule has 0 aliphatic heterocycles. The predicted molar refractivity (Wildman–Crippen MR) is 395 cm³/mol. The maximum absolute atomic E-state index is 13.1. The fraction of sp³-hybridized carbons (Fsp3) is 0.949. The van der Waals surface area contributed by atoms with Crippen molar-refractivity contribution in [2.75, 3.05) is 39.6 Å². The molecule has 0 saturated carbocycles. The Morgan fingerprint density at radius 3 is 0.701 bits per heavy atom. The average Bonchev–Trinajstić information content (AvgIpc) is 2.65. The number of aliphatic hydroxyl groups is 1. The fourth-order valence-corrected chi connectivity index (χ4v) is 13.6. The zero-order chi connectivity index (χ0) is 71.4. The maximum atomic E-state index is 13.1. The molecule has 17 nitrogen and oxygen atoms in total. The second-order valence-corrected chi connectivity index (χ2v) is 32.0. The molecule has 0 amide bonds. The van der Waals surface area contributed by atoms with Crippen LogP contribution in [0.1, 0.15) is 408 Å². The minimum absolute atomic E-state index is 0.106. The number of carbonyl (C=O) groups is 4. The van der Waals surface area contributed by atoms with Crippen molar-refractivity contribution in [3.63, 3.8) is 0 Å². The summed E-state index contributed by atoms with van der Waals surface area (Å²) in [5.41, 5.74) is 0. The highest BCUT2D eigenvalue weighted by atomic mass is 31.2. The predicted octanol–water partition coefficient (Wildman–Crippen LogP) is 23.1. The van der Waals surface area contributed by atoms with Crippen molar-refractivity contribution >= 4 is 39.5 Å². The molecule has 0 aromatic carbocycles. The topological polar surface area (TPSA) is 237 Å². The van der Waals surface area contributed by atoms with Crippen LogP contribution in [0.25, 0.3) is 0 Å². The van der Waals surface area contributed by atoms with Crippen LogP contribution in [0, 0.1) is 11.8 Å². The van der Waals surface area contributed by atoms with Gasteiger partial charge in [-0.2, -0.15) is 0 Å². The molecule has 0 rings (SSSR count). The van der Waals surface area contributed by atoms with E-state index in [1.807, 2.05) is 0 Å². The van der Waals surface area contributed by atoms with Crippen LogP contribution < -0.4 is 0 Å². The van der Waals surface area contributed by atoms with Gasteiger partial charge in [0.1, 0.15) is 19.3 Å². The molecule has 3 N–H and O–H groups in total. The van der Waals surface area contributed by atoms with Crippen LogP contribution in [0.4, 0.5) is 0 Å². The number of unbranched alkanes of at least 4 members (excludes halogenated alkanes) is 47. The van der Waals surface area contributed by atoms with Gasteiger partial charge in [-0.1, -0.05) is 356 Å². The van der Waals surface area contributed by atoms with Gasteiger partial charge in [0.05, 0.1) is 26.4 Å². The van der Waals surface area contributed by atoms with Crippen molar-refractivity contribution in [3.05, 3.63) is 0 Å². The number of phosphoric ester groups is 2. The Balaban J connectivity index is 5.19. The molecule has 0 aromatic heterocycles. The highest BCUT2D eigenvalue weighted by Gasteiger charge is 2.30. The van der Waals surface area contributed by atoms with Gasteiger partial charge in [0, 0.05) is 25.7 Å². The van der Waals surface area contributed by atoms with Crippen molar-refractivity contribution in [2.45, 2.75) is 426 Å². The van der Waals surface area contributed by atoms with Gasteiger partial charge in [-0.05, 0) is 37.5 Å². The van der Waals surface area contributed by atoms with Crippen LogP contribution in [0.2, 0.25) is 0 Å². The van der Waals surface area contributed by atoms with E-state index in [0.29, 0.717) is 25.7 Å². The van der Waals surface area contributed by atoms with E-state index in [1.54, 1.807) is 0 Å². The Morgan fingerprint density at radius 1 is 0.278 bits per heavy atom. The molecule has 97 heavy (non-hydrogen) atoms. The molecule has 0 heterocycles. The van der Waals surface area contributed by atoms with Crippen molar-refractivity contribution in [3.8, 4) is 0 Å². The second-order valence-electron chi connectivity index (χ2n) is 29.1. The lowest BCUT2D eigenvalue weighted by molar-refractivity contribution is -0.161. The quantitative estimate of drug-likeness (QED) is 0.0222. The molecular weight excluding hydrogens is 1270 g/mol. The smallest absolute Gasteiger partial charge is 0.462 e. The first-order valence-corrected chi connectivity index (χ1v) is 43.5. The molecule has 0 radical (unpaired) electrons. The number of esters is 4. The summed E-state index contributed by atoms with van der Waals surface area (Å²) in [7, 11) is -9.91. The van der Waals surface area contributed by atoms with E-state index in [4.69, 9.17) is 37.0 Å². The van der Waals surface area contributed by atoms with E-state index in [1.165, 1.54) is 218 Å². The lowest BCUT2D eigenvalue weighted by Crippen LogP contribution is -2.30. The second kappa shape index (κ2) is 69.8. The summed E-state index contributed by atoms with van der Waals surface area (Å²) in [6.45, 7) is 9.61. The lowest BCUT2D eigenvalue weighted by atomic mass is 10.0. The number of ether oxygens (including phenoxy) is 4. The molecule has 19 heteroatoms. The van der Waals surface area contributed by atoms with Crippen molar-refractivity contribution in [1.82, 2.24) is 0 Å². The minimum Gasteiger partial charge on any atom is -0.462 e. The number of hydrogen-bond acceptors (Lipinski definition) is 15. The molecule has 2 unspecified atom stereocenters. The summed E-state index contributed by atoms with van der Waals surface area (Å²) in [5, 5.41) is 10.6. The monoisotopic (exact) mass is 1420 g/mol. The van der Waals surface area contributed by atoms with Crippen molar-refractivity contribution < 1.29 is 80.2 Å². The van der Waals surface area contributed by atoms with Gasteiger partial charge in [0.2, 0.25) is 0 Å².